The molecule has 0 fully saturated rings. The number of allylic oxidation sites excluding steroid dienone is 1. The fraction of sp³-hybridized carbons (Fsp3) is 0.0800. The number of fused-ring (bicyclic) bond motifs is 1. The van der Waals surface area contributed by atoms with Crippen molar-refractivity contribution in [3.8, 4) is 0 Å². The largest absolute Gasteiger partial charge is 0.329 e. The molecule has 0 bridgehead atoms. The number of aromatic nitrogens is 1. The Balaban J connectivity index is 1.52. The molecule has 5 nitrogen and oxygen atoms in total. The Hall–Kier alpha value is -3.77. The topological polar surface area (TPSA) is 66.4 Å². The normalized spacial score (nSPS) is 16.0. The van der Waals surface area contributed by atoms with E-state index in [1.807, 2.05) is 91.9 Å². The molecule has 1 aromatic heterocycles. The molecule has 2 heterocycles. The van der Waals surface area contributed by atoms with E-state index in [2.05, 4.69) is 15.6 Å². The first-order valence-electron chi connectivity index (χ1n) is 10.0. The average Bonchev–Trinajstić information content (AvgIpc) is 3.22. The van der Waals surface area contributed by atoms with E-state index in [4.69, 9.17) is 4.99 Å². The first kappa shape index (κ1) is 19.2. The number of rotatable bonds is 4. The van der Waals surface area contributed by atoms with Crippen LogP contribution in [0, 0.1) is 0 Å². The molecule has 0 spiro atoms. The maximum atomic E-state index is 13.4. The highest BCUT2D eigenvalue weighted by molar-refractivity contribution is 7.22. The van der Waals surface area contributed by atoms with E-state index in [-0.39, 0.29) is 5.78 Å². The molecule has 6 heteroatoms. The van der Waals surface area contributed by atoms with Gasteiger partial charge in [-0.05, 0) is 24.6 Å². The molecule has 5 rings (SSSR count). The van der Waals surface area contributed by atoms with Crippen LogP contribution in [0.25, 0.3) is 10.2 Å². The number of carbonyl (C=O) groups is 1. The first-order chi connectivity index (χ1) is 15.2. The predicted octanol–water partition coefficient (Wildman–Crippen LogP) is 5.57. The van der Waals surface area contributed by atoms with Crippen molar-refractivity contribution in [1.29, 1.82) is 0 Å². The minimum Gasteiger partial charge on any atom is -0.329 e. The van der Waals surface area contributed by atoms with Crippen LogP contribution in [-0.4, -0.2) is 16.7 Å². The number of thiazole rings is 1. The van der Waals surface area contributed by atoms with E-state index in [1.165, 1.54) is 0 Å². The Morgan fingerprint density at radius 2 is 1.61 bits per heavy atom. The van der Waals surface area contributed by atoms with Crippen molar-refractivity contribution >= 4 is 38.4 Å². The molecular formula is C25H20N4OS. The van der Waals surface area contributed by atoms with E-state index >= 15 is 0 Å². The van der Waals surface area contributed by atoms with Crippen molar-refractivity contribution in [3.63, 3.8) is 0 Å². The minimum absolute atomic E-state index is 0.0257. The van der Waals surface area contributed by atoms with E-state index in [9.17, 15) is 4.79 Å². The molecule has 0 saturated heterocycles. The fourth-order valence-corrected chi connectivity index (χ4v) is 4.55. The van der Waals surface area contributed by atoms with Gasteiger partial charge in [-0.2, -0.15) is 0 Å². The minimum atomic E-state index is -0.410. The summed E-state index contributed by atoms with van der Waals surface area (Å²) in [7, 11) is 0. The van der Waals surface area contributed by atoms with E-state index < -0.39 is 6.04 Å². The number of guanidine groups is 1. The summed E-state index contributed by atoms with van der Waals surface area (Å²) >= 11 is 1.57. The van der Waals surface area contributed by atoms with Crippen LogP contribution in [0.2, 0.25) is 0 Å². The molecule has 0 amide bonds. The van der Waals surface area contributed by atoms with Crippen molar-refractivity contribution in [2.24, 2.45) is 4.99 Å². The third-order valence-electron chi connectivity index (χ3n) is 5.16. The Morgan fingerprint density at radius 1 is 0.935 bits per heavy atom. The van der Waals surface area contributed by atoms with E-state index in [0.717, 1.165) is 26.6 Å². The Bertz CT molecular complexity index is 1280. The van der Waals surface area contributed by atoms with Gasteiger partial charge in [-0.25, -0.2) is 9.98 Å². The fourth-order valence-electron chi connectivity index (χ4n) is 3.68. The lowest BCUT2D eigenvalue weighted by Crippen LogP contribution is -2.36. The highest BCUT2D eigenvalue weighted by Crippen LogP contribution is 2.33. The molecule has 31 heavy (non-hydrogen) atoms. The Kier molecular flexibility index (Phi) is 5.06. The zero-order valence-electron chi connectivity index (χ0n) is 16.9. The van der Waals surface area contributed by atoms with Crippen molar-refractivity contribution in [1.82, 2.24) is 10.3 Å². The van der Waals surface area contributed by atoms with Crippen LogP contribution in [0.4, 0.5) is 5.13 Å². The number of Topliss-reactive ketones (excluding diaryl/α,β-unsaturated/α-hetero) is 1. The number of nitrogens with zero attached hydrogens (tertiary/aromatic N) is 2. The molecule has 3 aromatic carbocycles. The summed E-state index contributed by atoms with van der Waals surface area (Å²) in [6.45, 7) is 1.92. The summed E-state index contributed by atoms with van der Waals surface area (Å²) in [5.74, 6) is 0.553. The van der Waals surface area contributed by atoms with Crippen LogP contribution < -0.4 is 10.6 Å². The van der Waals surface area contributed by atoms with Crippen molar-refractivity contribution in [2.45, 2.75) is 13.0 Å². The summed E-state index contributed by atoms with van der Waals surface area (Å²) < 4.78 is 1.10. The van der Waals surface area contributed by atoms with E-state index in [0.29, 0.717) is 17.1 Å². The van der Waals surface area contributed by atoms with Crippen molar-refractivity contribution in [2.75, 3.05) is 5.32 Å². The van der Waals surface area contributed by atoms with Gasteiger partial charge >= 0.3 is 0 Å². The zero-order chi connectivity index (χ0) is 21.2. The number of benzene rings is 3. The third-order valence-corrected chi connectivity index (χ3v) is 6.11. The van der Waals surface area contributed by atoms with Crippen LogP contribution in [0.15, 0.2) is 101 Å². The number of para-hydroxylation sites is 1. The van der Waals surface area contributed by atoms with Gasteiger partial charge in [-0.15, -0.1) is 0 Å². The second kappa shape index (κ2) is 8.16. The molecule has 0 saturated carbocycles. The second-order valence-corrected chi connectivity index (χ2v) is 8.29. The molecule has 1 atom stereocenters. The summed E-state index contributed by atoms with van der Waals surface area (Å²) in [4.78, 5) is 22.9. The first-order valence-corrected chi connectivity index (χ1v) is 10.8. The molecule has 0 radical (unpaired) electrons. The molecule has 1 aliphatic rings. The van der Waals surface area contributed by atoms with Crippen LogP contribution in [0.1, 0.15) is 28.9 Å². The number of carbonyl (C=O) groups excluding carboxylic acids is 1. The summed E-state index contributed by atoms with van der Waals surface area (Å²) in [5.41, 5.74) is 3.98. The lowest BCUT2D eigenvalue weighted by atomic mass is 9.90. The van der Waals surface area contributed by atoms with Gasteiger partial charge < -0.3 is 10.6 Å². The van der Waals surface area contributed by atoms with Gasteiger partial charge in [-0.3, -0.25) is 4.79 Å². The number of hydrogen-bond acceptors (Lipinski definition) is 6. The van der Waals surface area contributed by atoms with Crippen LogP contribution in [0.5, 0.6) is 0 Å². The van der Waals surface area contributed by atoms with Gasteiger partial charge in [0.2, 0.25) is 5.96 Å². The molecule has 0 unspecified atom stereocenters. The van der Waals surface area contributed by atoms with Gasteiger partial charge in [0.05, 0.1) is 10.2 Å². The van der Waals surface area contributed by atoms with Gasteiger partial charge in [-0.1, -0.05) is 84.1 Å². The predicted molar refractivity (Wildman–Crippen MR) is 126 cm³/mol. The highest BCUT2D eigenvalue weighted by atomic mass is 32.1. The maximum absolute atomic E-state index is 13.4. The molecule has 152 valence electrons. The van der Waals surface area contributed by atoms with Crippen LogP contribution in [0.3, 0.4) is 0 Å². The highest BCUT2D eigenvalue weighted by Gasteiger charge is 2.30. The number of anilines is 1. The smallest absolute Gasteiger partial charge is 0.202 e. The van der Waals surface area contributed by atoms with Gasteiger partial charge in [0.25, 0.3) is 0 Å². The molecular weight excluding hydrogens is 404 g/mol. The SMILES string of the molecule is CC1=C(C(=O)c2ccccc2)[C@@H](c2ccccc2)N=C(Nc2nc3ccccc3s2)N1. The lowest BCUT2D eigenvalue weighted by Gasteiger charge is -2.26. The monoisotopic (exact) mass is 424 g/mol. The molecule has 4 aromatic rings. The van der Waals surface area contributed by atoms with Gasteiger partial charge in [0.1, 0.15) is 6.04 Å². The second-order valence-electron chi connectivity index (χ2n) is 7.26. The summed E-state index contributed by atoms with van der Waals surface area (Å²) in [6.07, 6.45) is 0. The van der Waals surface area contributed by atoms with Gasteiger partial charge in [0, 0.05) is 16.8 Å². The zero-order valence-corrected chi connectivity index (χ0v) is 17.7. The lowest BCUT2D eigenvalue weighted by molar-refractivity contribution is 0.102. The van der Waals surface area contributed by atoms with Crippen molar-refractivity contribution in [3.05, 3.63) is 107 Å². The number of aliphatic imine (C=N–C) groups is 1. The quantitative estimate of drug-likeness (QED) is 0.421. The summed E-state index contributed by atoms with van der Waals surface area (Å²) in [6, 6.07) is 26.8. The van der Waals surface area contributed by atoms with Crippen molar-refractivity contribution < 1.29 is 4.79 Å². The Morgan fingerprint density at radius 3 is 2.35 bits per heavy atom. The number of hydrogen-bond donors (Lipinski definition) is 2. The third kappa shape index (κ3) is 3.85. The van der Waals surface area contributed by atoms with Gasteiger partial charge in [0.15, 0.2) is 10.9 Å². The van der Waals surface area contributed by atoms with Crippen LogP contribution >= 0.6 is 11.3 Å². The summed E-state index contributed by atoms with van der Waals surface area (Å²) in [5, 5.41) is 7.33. The average molecular weight is 425 g/mol. The maximum Gasteiger partial charge on any atom is 0.202 e. The standard InChI is InChI=1S/C25H20N4OS/c1-16-21(23(30)18-12-6-3-7-13-18)22(17-10-4-2-5-11-17)28-24(26-16)29-25-27-19-14-8-9-15-20(19)31-25/h2-15,22H,1H3,(H2,26,27,28,29)/t22-/m1/s1. The van der Waals surface area contributed by atoms with Crippen LogP contribution in [-0.2, 0) is 0 Å². The molecule has 1 aliphatic heterocycles. The number of nitrogens with one attached hydrogen (secondary N) is 2. The molecule has 2 N–H and O–H groups in total. The Labute approximate surface area is 184 Å². The molecule has 0 aliphatic carbocycles. The number of ketones is 1. The van der Waals surface area contributed by atoms with E-state index in [1.54, 1.807) is 11.3 Å².